The van der Waals surface area contributed by atoms with Crippen LogP contribution in [0.25, 0.3) is 0 Å². The number of carbonyl (C=O) groups is 1. The Labute approximate surface area is 220 Å². The van der Waals surface area contributed by atoms with Crippen molar-refractivity contribution in [2.75, 3.05) is 21.5 Å². The zero-order chi connectivity index (χ0) is 26.2. The average Bonchev–Trinajstić information content (AvgIpc) is 3.28. The first-order valence-corrected chi connectivity index (χ1v) is 13.4. The van der Waals surface area contributed by atoms with Gasteiger partial charge in [-0.2, -0.15) is 0 Å². The lowest BCUT2D eigenvalue weighted by Gasteiger charge is -2.20. The van der Waals surface area contributed by atoms with E-state index in [1.54, 1.807) is 42.5 Å². The zero-order valence-electron chi connectivity index (χ0n) is 20.2. The Morgan fingerprint density at radius 3 is 2.38 bits per heavy atom. The number of rotatable bonds is 6. The molecule has 0 saturated heterocycles. The van der Waals surface area contributed by atoms with Crippen LogP contribution in [0.1, 0.15) is 27.3 Å². The predicted octanol–water partition coefficient (Wildman–Crippen LogP) is 5.49. The van der Waals surface area contributed by atoms with E-state index in [1.165, 1.54) is 16.4 Å². The first-order chi connectivity index (χ1) is 17.7. The van der Waals surface area contributed by atoms with Crippen molar-refractivity contribution in [3.05, 3.63) is 100 Å². The van der Waals surface area contributed by atoms with E-state index in [2.05, 4.69) is 20.6 Å². The van der Waals surface area contributed by atoms with Gasteiger partial charge in [0, 0.05) is 39.9 Å². The summed E-state index contributed by atoms with van der Waals surface area (Å²) in [4.78, 5) is 22.0. The Morgan fingerprint density at radius 1 is 0.919 bits per heavy atom. The minimum Gasteiger partial charge on any atom is -0.324 e. The summed E-state index contributed by atoms with van der Waals surface area (Å²) in [6.07, 6.45) is 0.588. The fourth-order valence-corrected chi connectivity index (χ4v) is 5.88. The Kier molecular flexibility index (Phi) is 6.57. The fraction of sp³-hybridized carbons (Fsp3) is 0.148. The number of anilines is 4. The molecule has 2 heterocycles. The summed E-state index contributed by atoms with van der Waals surface area (Å²) >= 11 is 5.93. The molecule has 0 aliphatic carbocycles. The third kappa shape index (κ3) is 5.28. The SMILES string of the molecule is Cc1cc(C)nc(Nc2cccc(C(=O)Nc3ccc4c(c3)N(S(=O)(=O)c3ccc(Cl)cc3)CC4)c2)n1. The normalized spacial score (nSPS) is 12.8. The van der Waals surface area contributed by atoms with Crippen LogP contribution in [-0.2, 0) is 16.4 Å². The third-order valence-corrected chi connectivity index (χ3v) is 8.04. The van der Waals surface area contributed by atoms with Crippen molar-refractivity contribution in [1.82, 2.24) is 9.97 Å². The van der Waals surface area contributed by atoms with Crippen molar-refractivity contribution in [2.24, 2.45) is 0 Å². The fourth-order valence-electron chi connectivity index (χ4n) is 4.26. The number of hydrogen-bond donors (Lipinski definition) is 2. The second-order valence-corrected chi connectivity index (χ2v) is 11.1. The third-order valence-electron chi connectivity index (χ3n) is 5.96. The van der Waals surface area contributed by atoms with Crippen LogP contribution in [-0.4, -0.2) is 30.8 Å². The van der Waals surface area contributed by atoms with E-state index in [-0.39, 0.29) is 10.8 Å². The number of carbonyl (C=O) groups excluding carboxylic acids is 1. The number of benzene rings is 3. The molecule has 0 fully saturated rings. The van der Waals surface area contributed by atoms with E-state index < -0.39 is 10.0 Å². The molecule has 0 bridgehead atoms. The maximum atomic E-state index is 13.3. The summed E-state index contributed by atoms with van der Waals surface area (Å²) in [6.45, 7) is 4.11. The monoisotopic (exact) mass is 533 g/mol. The maximum Gasteiger partial charge on any atom is 0.264 e. The van der Waals surface area contributed by atoms with Gasteiger partial charge in [0.15, 0.2) is 0 Å². The number of aromatic nitrogens is 2. The molecule has 10 heteroatoms. The van der Waals surface area contributed by atoms with Crippen LogP contribution in [0.2, 0.25) is 5.02 Å². The average molecular weight is 534 g/mol. The molecule has 1 aliphatic heterocycles. The summed E-state index contributed by atoms with van der Waals surface area (Å²) in [5.41, 5.74) is 4.73. The number of hydrogen-bond acceptors (Lipinski definition) is 6. The van der Waals surface area contributed by atoms with Gasteiger partial charge >= 0.3 is 0 Å². The van der Waals surface area contributed by atoms with Gasteiger partial charge in [-0.1, -0.05) is 23.7 Å². The van der Waals surface area contributed by atoms with Gasteiger partial charge in [-0.05, 0) is 86.5 Å². The van der Waals surface area contributed by atoms with E-state index in [0.717, 1.165) is 17.0 Å². The first-order valence-electron chi connectivity index (χ1n) is 11.6. The minimum atomic E-state index is -3.77. The molecule has 0 unspecified atom stereocenters. The highest BCUT2D eigenvalue weighted by Gasteiger charge is 2.31. The largest absolute Gasteiger partial charge is 0.324 e. The molecule has 188 valence electrons. The lowest BCUT2D eigenvalue weighted by molar-refractivity contribution is 0.102. The van der Waals surface area contributed by atoms with Crippen LogP contribution in [0, 0.1) is 13.8 Å². The molecule has 5 rings (SSSR count). The number of nitrogens with one attached hydrogen (secondary N) is 2. The molecule has 0 spiro atoms. The molecule has 0 saturated carbocycles. The van der Waals surface area contributed by atoms with Crippen molar-refractivity contribution in [2.45, 2.75) is 25.2 Å². The highest BCUT2D eigenvalue weighted by atomic mass is 35.5. The van der Waals surface area contributed by atoms with Gasteiger partial charge in [-0.15, -0.1) is 0 Å². The number of amides is 1. The van der Waals surface area contributed by atoms with E-state index in [9.17, 15) is 13.2 Å². The minimum absolute atomic E-state index is 0.163. The molecule has 1 amide bonds. The van der Waals surface area contributed by atoms with Crippen molar-refractivity contribution >= 4 is 50.5 Å². The summed E-state index contributed by atoms with van der Waals surface area (Å²) in [5, 5.41) is 6.48. The van der Waals surface area contributed by atoms with E-state index >= 15 is 0 Å². The van der Waals surface area contributed by atoms with Crippen LogP contribution in [0.15, 0.2) is 77.7 Å². The van der Waals surface area contributed by atoms with Crippen molar-refractivity contribution in [1.29, 1.82) is 0 Å². The zero-order valence-corrected chi connectivity index (χ0v) is 21.8. The van der Waals surface area contributed by atoms with E-state index in [0.29, 0.717) is 46.6 Å². The molecule has 3 aromatic carbocycles. The highest BCUT2D eigenvalue weighted by molar-refractivity contribution is 7.92. The number of sulfonamides is 1. The van der Waals surface area contributed by atoms with E-state index in [1.807, 2.05) is 32.0 Å². The molecule has 2 N–H and O–H groups in total. The lowest BCUT2D eigenvalue weighted by Crippen LogP contribution is -2.29. The van der Waals surface area contributed by atoms with Crippen molar-refractivity contribution in [3.63, 3.8) is 0 Å². The summed E-state index contributed by atoms with van der Waals surface area (Å²) in [5.74, 6) is 0.130. The van der Waals surface area contributed by atoms with Crippen molar-refractivity contribution < 1.29 is 13.2 Å². The standard InChI is InChI=1S/C27H24ClN5O3S/c1-17-14-18(2)30-27(29-17)32-22-5-3-4-20(15-22)26(34)31-23-9-6-19-12-13-33(25(19)16-23)37(35,36)24-10-7-21(28)8-11-24/h3-11,14-16H,12-13H2,1-2H3,(H,31,34)(H,29,30,32). The van der Waals surface area contributed by atoms with Gasteiger partial charge in [0.25, 0.3) is 15.9 Å². The Hall–Kier alpha value is -3.95. The number of fused-ring (bicyclic) bond motifs is 1. The number of aryl methyl sites for hydroxylation is 2. The highest BCUT2D eigenvalue weighted by Crippen LogP contribution is 2.35. The number of nitrogens with zero attached hydrogens (tertiary/aromatic N) is 3. The molecule has 8 nitrogen and oxygen atoms in total. The molecule has 0 radical (unpaired) electrons. The summed E-state index contributed by atoms with van der Waals surface area (Å²) < 4.78 is 27.9. The molecule has 0 atom stereocenters. The van der Waals surface area contributed by atoms with Crippen LogP contribution in [0.3, 0.4) is 0 Å². The molecule has 37 heavy (non-hydrogen) atoms. The predicted molar refractivity (Wildman–Crippen MR) is 145 cm³/mol. The Balaban J connectivity index is 1.35. The summed E-state index contributed by atoms with van der Waals surface area (Å²) in [6, 6.07) is 20.3. The Bertz CT molecular complexity index is 1590. The second-order valence-electron chi connectivity index (χ2n) is 8.76. The maximum absolute atomic E-state index is 13.3. The van der Waals surface area contributed by atoms with E-state index in [4.69, 9.17) is 11.6 Å². The van der Waals surface area contributed by atoms with Gasteiger partial charge < -0.3 is 10.6 Å². The van der Waals surface area contributed by atoms with Crippen LogP contribution < -0.4 is 14.9 Å². The van der Waals surface area contributed by atoms with Gasteiger partial charge in [-0.3, -0.25) is 9.10 Å². The number of halogens is 1. The van der Waals surface area contributed by atoms with Gasteiger partial charge in [0.05, 0.1) is 10.6 Å². The van der Waals surface area contributed by atoms with Crippen LogP contribution in [0.5, 0.6) is 0 Å². The van der Waals surface area contributed by atoms with Crippen molar-refractivity contribution in [3.8, 4) is 0 Å². The summed E-state index contributed by atoms with van der Waals surface area (Å²) in [7, 11) is -3.77. The molecular formula is C27H24ClN5O3S. The second kappa shape index (κ2) is 9.84. The Morgan fingerprint density at radius 2 is 1.65 bits per heavy atom. The topological polar surface area (TPSA) is 104 Å². The quantitative estimate of drug-likeness (QED) is 0.339. The first kappa shape index (κ1) is 24.7. The molecular weight excluding hydrogens is 510 g/mol. The van der Waals surface area contributed by atoms with Gasteiger partial charge in [-0.25, -0.2) is 18.4 Å². The molecule has 1 aliphatic rings. The smallest absolute Gasteiger partial charge is 0.264 e. The molecule has 1 aromatic heterocycles. The van der Waals surface area contributed by atoms with Gasteiger partial charge in [0.1, 0.15) is 0 Å². The van der Waals surface area contributed by atoms with Gasteiger partial charge in [0.2, 0.25) is 5.95 Å². The van der Waals surface area contributed by atoms with Crippen LogP contribution >= 0.6 is 11.6 Å². The lowest BCUT2D eigenvalue weighted by atomic mass is 10.1. The molecule has 4 aromatic rings. The van der Waals surface area contributed by atoms with Crippen LogP contribution in [0.4, 0.5) is 23.0 Å².